The van der Waals surface area contributed by atoms with Crippen LogP contribution in [-0.2, 0) is 13.1 Å². The number of anilines is 1. The van der Waals surface area contributed by atoms with Crippen LogP contribution in [0.4, 0.5) is 5.82 Å². The molecule has 0 bridgehead atoms. The third-order valence-electron chi connectivity index (χ3n) is 3.19. The standard InChI is InChI=1S/C16H23N3S/c1-3-8-17-16-11-14(7-9-18-16)12-19(4-2)13-15-6-5-10-20-15/h5-7,9-11H,3-4,8,12-13H2,1-2H3,(H,17,18). The van der Waals surface area contributed by atoms with Gasteiger partial charge in [-0.25, -0.2) is 4.98 Å². The fourth-order valence-corrected chi connectivity index (χ4v) is 2.83. The van der Waals surface area contributed by atoms with Crippen molar-refractivity contribution in [3.8, 4) is 0 Å². The Morgan fingerprint density at radius 3 is 2.85 bits per heavy atom. The summed E-state index contributed by atoms with van der Waals surface area (Å²) < 4.78 is 0. The van der Waals surface area contributed by atoms with Crippen LogP contribution in [0.1, 0.15) is 30.7 Å². The first-order valence-corrected chi connectivity index (χ1v) is 8.13. The van der Waals surface area contributed by atoms with Gasteiger partial charge in [0.15, 0.2) is 0 Å². The normalized spacial score (nSPS) is 10.9. The summed E-state index contributed by atoms with van der Waals surface area (Å²) in [6.07, 6.45) is 3.01. The van der Waals surface area contributed by atoms with E-state index in [-0.39, 0.29) is 0 Å². The first-order chi connectivity index (χ1) is 9.81. The topological polar surface area (TPSA) is 28.2 Å². The monoisotopic (exact) mass is 289 g/mol. The van der Waals surface area contributed by atoms with Crippen molar-refractivity contribution in [2.24, 2.45) is 0 Å². The lowest BCUT2D eigenvalue weighted by atomic mass is 10.2. The zero-order chi connectivity index (χ0) is 14.2. The van der Waals surface area contributed by atoms with E-state index in [0.29, 0.717) is 0 Å². The zero-order valence-corrected chi connectivity index (χ0v) is 13.1. The lowest BCUT2D eigenvalue weighted by Crippen LogP contribution is -2.21. The molecule has 0 unspecified atom stereocenters. The smallest absolute Gasteiger partial charge is 0.126 e. The second kappa shape index (κ2) is 8.02. The minimum atomic E-state index is 0.970. The van der Waals surface area contributed by atoms with E-state index in [9.17, 15) is 0 Å². The second-order valence-corrected chi connectivity index (χ2v) is 5.89. The van der Waals surface area contributed by atoms with Gasteiger partial charge in [0.1, 0.15) is 5.82 Å². The minimum Gasteiger partial charge on any atom is -0.370 e. The largest absolute Gasteiger partial charge is 0.370 e. The van der Waals surface area contributed by atoms with Crippen LogP contribution in [0.5, 0.6) is 0 Å². The van der Waals surface area contributed by atoms with Gasteiger partial charge in [0.25, 0.3) is 0 Å². The van der Waals surface area contributed by atoms with Crippen LogP contribution in [0, 0.1) is 0 Å². The van der Waals surface area contributed by atoms with Crippen molar-refractivity contribution in [3.63, 3.8) is 0 Å². The Morgan fingerprint density at radius 1 is 1.25 bits per heavy atom. The predicted molar refractivity (Wildman–Crippen MR) is 87.1 cm³/mol. The number of nitrogens with zero attached hydrogens (tertiary/aromatic N) is 2. The Kier molecular flexibility index (Phi) is 6.02. The average molecular weight is 289 g/mol. The number of nitrogens with one attached hydrogen (secondary N) is 1. The summed E-state index contributed by atoms with van der Waals surface area (Å²) in [6, 6.07) is 8.59. The van der Waals surface area contributed by atoms with Gasteiger partial charge in [0.2, 0.25) is 0 Å². The Morgan fingerprint density at radius 2 is 2.15 bits per heavy atom. The van der Waals surface area contributed by atoms with Crippen LogP contribution >= 0.6 is 11.3 Å². The van der Waals surface area contributed by atoms with Crippen LogP contribution in [0.15, 0.2) is 35.8 Å². The van der Waals surface area contributed by atoms with Crippen LogP contribution < -0.4 is 5.32 Å². The van der Waals surface area contributed by atoms with E-state index in [4.69, 9.17) is 0 Å². The van der Waals surface area contributed by atoms with E-state index in [2.05, 4.69) is 58.7 Å². The molecule has 0 aromatic carbocycles. The molecule has 0 saturated carbocycles. The van der Waals surface area contributed by atoms with Gasteiger partial charge >= 0.3 is 0 Å². The van der Waals surface area contributed by atoms with Gasteiger partial charge in [-0.3, -0.25) is 4.90 Å². The summed E-state index contributed by atoms with van der Waals surface area (Å²) in [6.45, 7) is 8.40. The van der Waals surface area contributed by atoms with Crippen molar-refractivity contribution in [1.29, 1.82) is 0 Å². The summed E-state index contributed by atoms with van der Waals surface area (Å²) >= 11 is 1.83. The molecule has 0 fully saturated rings. The van der Waals surface area contributed by atoms with E-state index in [1.807, 2.05) is 17.5 Å². The average Bonchev–Trinajstić information content (AvgIpc) is 2.98. The third kappa shape index (κ3) is 4.62. The Labute approximate surface area is 125 Å². The highest BCUT2D eigenvalue weighted by molar-refractivity contribution is 7.09. The van der Waals surface area contributed by atoms with Gasteiger partial charge in [0, 0.05) is 30.7 Å². The van der Waals surface area contributed by atoms with Crippen molar-refractivity contribution in [2.45, 2.75) is 33.4 Å². The van der Waals surface area contributed by atoms with Crippen molar-refractivity contribution in [2.75, 3.05) is 18.4 Å². The summed E-state index contributed by atoms with van der Waals surface area (Å²) in [5.74, 6) is 0.983. The summed E-state index contributed by atoms with van der Waals surface area (Å²) in [4.78, 5) is 8.23. The van der Waals surface area contributed by atoms with E-state index >= 15 is 0 Å². The van der Waals surface area contributed by atoms with Gasteiger partial charge in [-0.1, -0.05) is 19.9 Å². The van der Waals surface area contributed by atoms with Gasteiger partial charge in [-0.05, 0) is 42.1 Å². The molecule has 0 amide bonds. The van der Waals surface area contributed by atoms with Gasteiger partial charge < -0.3 is 5.32 Å². The van der Waals surface area contributed by atoms with Crippen LogP contribution in [0.25, 0.3) is 0 Å². The molecule has 1 N–H and O–H groups in total. The zero-order valence-electron chi connectivity index (χ0n) is 12.3. The molecule has 0 aliphatic rings. The maximum atomic E-state index is 4.36. The third-order valence-corrected chi connectivity index (χ3v) is 4.05. The molecule has 0 radical (unpaired) electrons. The molecular weight excluding hydrogens is 266 g/mol. The van der Waals surface area contributed by atoms with Crippen molar-refractivity contribution in [3.05, 3.63) is 46.3 Å². The molecule has 2 aromatic rings. The second-order valence-electron chi connectivity index (χ2n) is 4.86. The molecule has 3 nitrogen and oxygen atoms in total. The molecule has 108 valence electrons. The van der Waals surface area contributed by atoms with E-state index < -0.39 is 0 Å². The molecular formula is C16H23N3S. The molecule has 0 spiro atoms. The maximum absolute atomic E-state index is 4.36. The van der Waals surface area contributed by atoms with Crippen molar-refractivity contribution < 1.29 is 0 Å². The van der Waals surface area contributed by atoms with E-state index in [0.717, 1.165) is 38.4 Å². The summed E-state index contributed by atoms with van der Waals surface area (Å²) in [7, 11) is 0. The van der Waals surface area contributed by atoms with Crippen LogP contribution in [0.3, 0.4) is 0 Å². The Hall–Kier alpha value is -1.39. The first-order valence-electron chi connectivity index (χ1n) is 7.25. The number of thiophene rings is 1. The highest BCUT2D eigenvalue weighted by Gasteiger charge is 2.06. The highest BCUT2D eigenvalue weighted by Crippen LogP contribution is 2.15. The lowest BCUT2D eigenvalue weighted by molar-refractivity contribution is 0.274. The number of hydrogen-bond acceptors (Lipinski definition) is 4. The molecule has 2 aromatic heterocycles. The fourth-order valence-electron chi connectivity index (χ4n) is 2.08. The van der Waals surface area contributed by atoms with Gasteiger partial charge in [-0.2, -0.15) is 0 Å². The number of pyridine rings is 1. The fraction of sp³-hybridized carbons (Fsp3) is 0.438. The van der Waals surface area contributed by atoms with E-state index in [1.165, 1.54) is 10.4 Å². The quantitative estimate of drug-likeness (QED) is 0.796. The molecule has 0 aliphatic heterocycles. The number of hydrogen-bond donors (Lipinski definition) is 1. The maximum Gasteiger partial charge on any atom is 0.126 e. The molecule has 4 heteroatoms. The van der Waals surface area contributed by atoms with Crippen LogP contribution in [0.2, 0.25) is 0 Å². The predicted octanol–water partition coefficient (Wildman–Crippen LogP) is 3.99. The van der Waals surface area contributed by atoms with Crippen molar-refractivity contribution >= 4 is 17.2 Å². The van der Waals surface area contributed by atoms with Crippen LogP contribution in [-0.4, -0.2) is 23.0 Å². The molecule has 0 atom stereocenters. The summed E-state index contributed by atoms with van der Waals surface area (Å²) in [5.41, 5.74) is 1.32. The van der Waals surface area contributed by atoms with Crippen molar-refractivity contribution in [1.82, 2.24) is 9.88 Å². The number of rotatable bonds is 8. The molecule has 2 rings (SSSR count). The number of aromatic nitrogens is 1. The molecule has 0 saturated heterocycles. The molecule has 0 aliphatic carbocycles. The highest BCUT2D eigenvalue weighted by atomic mass is 32.1. The molecule has 2 heterocycles. The molecule has 20 heavy (non-hydrogen) atoms. The SMILES string of the molecule is CCCNc1cc(CN(CC)Cc2cccs2)ccn1. The lowest BCUT2D eigenvalue weighted by Gasteiger charge is -2.20. The van der Waals surface area contributed by atoms with Gasteiger partial charge in [0.05, 0.1) is 0 Å². The Bertz CT molecular complexity index is 496. The van der Waals surface area contributed by atoms with Gasteiger partial charge in [-0.15, -0.1) is 11.3 Å². The minimum absolute atomic E-state index is 0.970. The summed E-state index contributed by atoms with van der Waals surface area (Å²) in [5, 5.41) is 5.49. The Balaban J connectivity index is 1.96. The van der Waals surface area contributed by atoms with E-state index in [1.54, 1.807) is 0 Å². The first kappa shape index (κ1) is 15.0.